The zero-order valence-corrected chi connectivity index (χ0v) is 7.23. The maximum Gasteiger partial charge on any atom is 2.00 e. The van der Waals surface area contributed by atoms with Gasteiger partial charge in [0.25, 0.3) is 0 Å². The molecule has 0 fully saturated rings. The van der Waals surface area contributed by atoms with E-state index in [4.69, 9.17) is 0 Å². The van der Waals surface area contributed by atoms with Crippen LogP contribution in [-0.2, 0) is 0 Å². The van der Waals surface area contributed by atoms with Gasteiger partial charge in [0.05, 0.1) is 0 Å². The molecule has 0 saturated carbocycles. The Morgan fingerprint density at radius 1 is 0.800 bits per heavy atom. The van der Waals surface area contributed by atoms with Gasteiger partial charge in [-0.2, -0.15) is 0 Å². The molecule has 5 heteroatoms. The van der Waals surface area contributed by atoms with Crippen molar-refractivity contribution in [3.05, 3.63) is 0 Å². The predicted octanol–water partition coefficient (Wildman–Crippen LogP) is -1.71. The molecule has 0 aromatic heterocycles. The van der Waals surface area contributed by atoms with Crippen LogP contribution in [-0.4, -0.2) is 91.9 Å². The van der Waals surface area contributed by atoms with Gasteiger partial charge in [-0.1, -0.05) is 0 Å². The largest absolute Gasteiger partial charge is 2.00 e. The van der Waals surface area contributed by atoms with E-state index in [1.807, 2.05) is 0 Å². The third kappa shape index (κ3) is 21.5. The van der Waals surface area contributed by atoms with E-state index in [0.29, 0.717) is 0 Å². The maximum absolute atomic E-state index is 0. The minimum absolute atomic E-state index is 0. The van der Waals surface area contributed by atoms with E-state index >= 15 is 0 Å². The molecule has 0 rings (SSSR count). The summed E-state index contributed by atoms with van der Waals surface area (Å²) >= 11 is 0. The normalized spacial score (nSPS) is 0. The second kappa shape index (κ2) is 32.4. The van der Waals surface area contributed by atoms with Gasteiger partial charge in [0.2, 0.25) is 0 Å². The van der Waals surface area contributed by atoms with Gasteiger partial charge < -0.3 is 19.3 Å². The van der Waals surface area contributed by atoms with Crippen molar-refractivity contribution < 1.29 is 19.3 Å². The maximum atomic E-state index is 0. The molecule has 5 heavy (non-hydrogen) atoms. The first-order chi connectivity index (χ1) is 0. The van der Waals surface area contributed by atoms with E-state index in [-0.39, 0.29) is 94.8 Å². The minimum atomic E-state index is 0. The Balaban J connectivity index is 0. The van der Waals surface area contributed by atoms with Gasteiger partial charge >= 0.3 is 75.5 Å². The molecule has 0 amide bonds. The summed E-state index contributed by atoms with van der Waals surface area (Å²) in [4.78, 5) is 0. The third-order valence-corrected chi connectivity index (χ3v) is 0. The Morgan fingerprint density at radius 3 is 0.800 bits per heavy atom. The second-order valence-electron chi connectivity index (χ2n) is 0. The Labute approximate surface area is 93.0 Å². The molecular formula is H6Ca2O3. The molecule has 0 spiro atoms. The molecule has 0 aromatic rings. The first-order valence-corrected chi connectivity index (χ1v) is 0. The molecule has 4 N–H and O–H groups in total. The van der Waals surface area contributed by atoms with Gasteiger partial charge in [0.1, 0.15) is 0 Å². The number of hydrogen-bond acceptors (Lipinski definition) is 2. The molecule has 0 radical (unpaired) electrons. The summed E-state index contributed by atoms with van der Waals surface area (Å²) in [7, 11) is 0. The summed E-state index contributed by atoms with van der Waals surface area (Å²) in [6.45, 7) is 0. The Kier molecular flexibility index (Phi) is 341. The molecule has 0 aromatic carbocycles. The van der Waals surface area contributed by atoms with Crippen LogP contribution in [0.4, 0.5) is 0 Å². The van der Waals surface area contributed by atoms with E-state index in [0.717, 1.165) is 0 Å². The van der Waals surface area contributed by atoms with Crippen molar-refractivity contribution in [1.29, 1.82) is 0 Å². The molecule has 0 aliphatic heterocycles. The fraction of sp³-hybridized carbons (Fsp3) is 0. The smallest absolute Gasteiger partial charge is 1.00 e. The van der Waals surface area contributed by atoms with Crippen LogP contribution >= 0.6 is 0 Å². The van der Waals surface area contributed by atoms with Crippen molar-refractivity contribution in [2.45, 2.75) is 0 Å². The molecule has 0 heterocycles. The van der Waals surface area contributed by atoms with E-state index < -0.39 is 0 Å². The molecule has 0 saturated heterocycles. The Bertz CT molecular complexity index is 10.9. The van der Waals surface area contributed by atoms with E-state index in [2.05, 4.69) is 0 Å². The Hall–Kier alpha value is 2.40. The summed E-state index contributed by atoms with van der Waals surface area (Å²) in [5, 5.41) is 0. The van der Waals surface area contributed by atoms with Gasteiger partial charge in [0, 0.05) is 0 Å². The first-order valence-electron chi connectivity index (χ1n) is 0. The van der Waals surface area contributed by atoms with Gasteiger partial charge in [-0.3, -0.25) is 0 Å². The summed E-state index contributed by atoms with van der Waals surface area (Å²) in [6.07, 6.45) is 0. The average Bonchev–Trinajstić information content (AvgIpc) is 0. The molecular weight excluding hydrogens is 128 g/mol. The van der Waals surface area contributed by atoms with Gasteiger partial charge in [-0.25, -0.2) is 0 Å². The van der Waals surface area contributed by atoms with Crippen LogP contribution in [0.25, 0.3) is 0 Å². The monoisotopic (exact) mass is 134 g/mol. The van der Waals surface area contributed by atoms with Crippen molar-refractivity contribution in [2.24, 2.45) is 0 Å². The van der Waals surface area contributed by atoms with Crippen LogP contribution in [0.3, 0.4) is 0 Å². The SMILES string of the molecule is O.[Ca+2].[Ca+2].[H-].[H-].[OH-].[OH-]. The fourth-order valence-electron chi connectivity index (χ4n) is 0. The van der Waals surface area contributed by atoms with Crippen LogP contribution in [0.5, 0.6) is 0 Å². The Morgan fingerprint density at radius 2 is 0.800 bits per heavy atom. The average molecular weight is 134 g/mol. The summed E-state index contributed by atoms with van der Waals surface area (Å²) in [5.74, 6) is 0. The molecule has 0 atom stereocenters. The van der Waals surface area contributed by atoms with Gasteiger partial charge in [0.15, 0.2) is 0 Å². The number of rotatable bonds is 0. The van der Waals surface area contributed by atoms with Crippen LogP contribution in [0.1, 0.15) is 2.85 Å². The van der Waals surface area contributed by atoms with Crippen molar-refractivity contribution in [3.63, 3.8) is 0 Å². The van der Waals surface area contributed by atoms with E-state index in [1.165, 1.54) is 0 Å². The zero-order valence-electron chi connectivity index (χ0n) is 4.81. The molecule has 0 aliphatic rings. The van der Waals surface area contributed by atoms with Crippen molar-refractivity contribution in [1.82, 2.24) is 0 Å². The van der Waals surface area contributed by atoms with Crippen LogP contribution in [0, 0.1) is 0 Å². The van der Waals surface area contributed by atoms with Crippen LogP contribution in [0.15, 0.2) is 0 Å². The third-order valence-electron chi connectivity index (χ3n) is 0. The predicted molar refractivity (Wildman–Crippen MR) is 21.2 cm³/mol. The summed E-state index contributed by atoms with van der Waals surface area (Å²) in [5.41, 5.74) is 0. The zero-order chi connectivity index (χ0) is 0. The fourth-order valence-corrected chi connectivity index (χ4v) is 0. The minimum Gasteiger partial charge on any atom is -1.00 e. The van der Waals surface area contributed by atoms with Crippen molar-refractivity contribution in [3.8, 4) is 0 Å². The topological polar surface area (TPSA) is 91.5 Å². The quantitative estimate of drug-likeness (QED) is 0.369. The molecule has 28 valence electrons. The standard InChI is InChI=1S/2Ca.3H2O.2H/h;;3*1H2;;/q2*+2;;;;2*-1/p-2. The van der Waals surface area contributed by atoms with Crippen LogP contribution in [0.2, 0.25) is 0 Å². The van der Waals surface area contributed by atoms with Gasteiger partial charge in [-0.15, -0.1) is 0 Å². The van der Waals surface area contributed by atoms with E-state index in [1.54, 1.807) is 0 Å². The van der Waals surface area contributed by atoms with Crippen molar-refractivity contribution >= 4 is 75.5 Å². The van der Waals surface area contributed by atoms with Gasteiger partial charge in [-0.05, 0) is 0 Å². The van der Waals surface area contributed by atoms with Crippen molar-refractivity contribution in [2.75, 3.05) is 0 Å². The van der Waals surface area contributed by atoms with Crippen LogP contribution < -0.4 is 0 Å². The summed E-state index contributed by atoms with van der Waals surface area (Å²) in [6, 6.07) is 0. The second-order valence-corrected chi connectivity index (χ2v) is 0. The first kappa shape index (κ1) is 52.6. The summed E-state index contributed by atoms with van der Waals surface area (Å²) < 4.78 is 0. The number of hydrogen-bond donors (Lipinski definition) is 0. The molecule has 0 aliphatic carbocycles. The molecule has 3 nitrogen and oxygen atoms in total. The molecule has 0 unspecified atom stereocenters. The van der Waals surface area contributed by atoms with E-state index in [9.17, 15) is 0 Å². The molecule has 0 bridgehead atoms.